The number of para-hydroxylation sites is 1. The van der Waals surface area contributed by atoms with E-state index in [-0.39, 0.29) is 0 Å². The molecule has 0 amide bonds. The van der Waals surface area contributed by atoms with Gasteiger partial charge in [0.05, 0.1) is 22.8 Å². The molecule has 80 valence electrons. The molecule has 0 saturated carbocycles. The highest BCUT2D eigenvalue weighted by Gasteiger charge is 2.01. The Bertz CT molecular complexity index is 525. The number of nitrogens with zero attached hydrogens (tertiary/aromatic N) is 2. The van der Waals surface area contributed by atoms with Gasteiger partial charge in [-0.3, -0.25) is 0 Å². The van der Waals surface area contributed by atoms with Crippen LogP contribution in [0.25, 0.3) is 0 Å². The summed E-state index contributed by atoms with van der Waals surface area (Å²) < 4.78 is 0. The molecule has 4 heteroatoms. The molecule has 1 N–H and O–H groups in total. The molecule has 0 atom stereocenters. The van der Waals surface area contributed by atoms with Gasteiger partial charge < -0.3 is 5.32 Å². The lowest BCUT2D eigenvalue weighted by atomic mass is 10.2. The molecule has 1 aromatic carbocycles. The van der Waals surface area contributed by atoms with Gasteiger partial charge in [0.15, 0.2) is 0 Å². The van der Waals surface area contributed by atoms with Crippen molar-refractivity contribution < 1.29 is 0 Å². The molecular formula is C12H11N3S. The van der Waals surface area contributed by atoms with Crippen LogP contribution in [0.2, 0.25) is 0 Å². The molecule has 0 bridgehead atoms. The van der Waals surface area contributed by atoms with Crippen LogP contribution in [0.5, 0.6) is 0 Å². The monoisotopic (exact) mass is 229 g/mol. The second kappa shape index (κ2) is 4.77. The number of anilines is 1. The summed E-state index contributed by atoms with van der Waals surface area (Å²) in [5, 5.41) is 13.2. The normalized spacial score (nSPS) is 9.75. The molecule has 2 rings (SSSR count). The first-order valence-electron chi connectivity index (χ1n) is 4.94. The zero-order valence-electron chi connectivity index (χ0n) is 8.90. The van der Waals surface area contributed by atoms with E-state index in [4.69, 9.17) is 5.26 Å². The minimum absolute atomic E-state index is 0.670. The summed E-state index contributed by atoms with van der Waals surface area (Å²) >= 11 is 1.66. The number of aryl methyl sites for hydroxylation is 1. The molecule has 1 aromatic heterocycles. The molecule has 1 heterocycles. The van der Waals surface area contributed by atoms with Gasteiger partial charge in [-0.05, 0) is 19.1 Å². The van der Waals surface area contributed by atoms with Crippen LogP contribution < -0.4 is 5.32 Å². The van der Waals surface area contributed by atoms with Gasteiger partial charge in [0.2, 0.25) is 0 Å². The maximum absolute atomic E-state index is 8.92. The molecule has 0 radical (unpaired) electrons. The predicted molar refractivity (Wildman–Crippen MR) is 65.3 cm³/mol. The van der Waals surface area contributed by atoms with Crippen LogP contribution in [-0.4, -0.2) is 4.98 Å². The van der Waals surface area contributed by atoms with E-state index in [2.05, 4.69) is 16.4 Å². The van der Waals surface area contributed by atoms with Gasteiger partial charge in [0, 0.05) is 11.1 Å². The first-order valence-corrected chi connectivity index (χ1v) is 5.75. The highest BCUT2D eigenvalue weighted by Crippen LogP contribution is 2.17. The van der Waals surface area contributed by atoms with Crippen molar-refractivity contribution in [2.75, 3.05) is 5.32 Å². The Kier molecular flexibility index (Phi) is 3.18. The van der Waals surface area contributed by atoms with Gasteiger partial charge >= 0.3 is 0 Å². The molecule has 0 saturated heterocycles. The van der Waals surface area contributed by atoms with Crippen molar-refractivity contribution in [1.29, 1.82) is 5.26 Å². The van der Waals surface area contributed by atoms with Crippen molar-refractivity contribution in [3.8, 4) is 6.07 Å². The molecule has 0 aliphatic carbocycles. The fourth-order valence-corrected chi connectivity index (χ4v) is 2.14. The van der Waals surface area contributed by atoms with Crippen LogP contribution in [0, 0.1) is 18.3 Å². The highest BCUT2D eigenvalue weighted by molar-refractivity contribution is 7.11. The molecular weight excluding hydrogens is 218 g/mol. The molecule has 2 aromatic rings. The van der Waals surface area contributed by atoms with Crippen molar-refractivity contribution in [3.05, 3.63) is 45.9 Å². The highest BCUT2D eigenvalue weighted by atomic mass is 32.1. The van der Waals surface area contributed by atoms with Crippen LogP contribution in [0.4, 0.5) is 5.69 Å². The van der Waals surface area contributed by atoms with E-state index in [0.717, 1.165) is 10.7 Å². The van der Waals surface area contributed by atoms with Crippen LogP contribution >= 0.6 is 11.3 Å². The average molecular weight is 229 g/mol. The number of nitrogens with one attached hydrogen (secondary N) is 1. The summed E-state index contributed by atoms with van der Waals surface area (Å²) in [6, 6.07) is 9.66. The second-order valence-electron chi connectivity index (χ2n) is 3.36. The molecule has 0 fully saturated rings. The molecule has 0 aliphatic heterocycles. The topological polar surface area (TPSA) is 48.7 Å². The number of hydrogen-bond donors (Lipinski definition) is 1. The quantitative estimate of drug-likeness (QED) is 0.880. The molecule has 0 spiro atoms. The first kappa shape index (κ1) is 10.7. The Morgan fingerprint density at radius 3 is 2.94 bits per heavy atom. The third-order valence-electron chi connectivity index (χ3n) is 2.17. The lowest BCUT2D eigenvalue weighted by Gasteiger charge is -2.05. The van der Waals surface area contributed by atoms with Crippen molar-refractivity contribution in [2.24, 2.45) is 0 Å². The minimum atomic E-state index is 0.670. The van der Waals surface area contributed by atoms with Crippen molar-refractivity contribution in [1.82, 2.24) is 4.98 Å². The molecule has 16 heavy (non-hydrogen) atoms. The number of nitriles is 1. The van der Waals surface area contributed by atoms with Crippen LogP contribution in [0.1, 0.15) is 15.4 Å². The van der Waals surface area contributed by atoms with Gasteiger partial charge in [0.25, 0.3) is 0 Å². The molecule has 3 nitrogen and oxygen atoms in total. The van der Waals surface area contributed by atoms with E-state index in [1.165, 1.54) is 4.88 Å². The average Bonchev–Trinajstić information content (AvgIpc) is 2.73. The summed E-state index contributed by atoms with van der Waals surface area (Å²) in [5.41, 5.74) is 1.54. The number of hydrogen-bond acceptors (Lipinski definition) is 4. The van der Waals surface area contributed by atoms with Crippen LogP contribution in [0.15, 0.2) is 30.5 Å². The van der Waals surface area contributed by atoms with Crippen LogP contribution in [-0.2, 0) is 6.54 Å². The van der Waals surface area contributed by atoms with Crippen molar-refractivity contribution in [3.63, 3.8) is 0 Å². The largest absolute Gasteiger partial charge is 0.379 e. The minimum Gasteiger partial charge on any atom is -0.379 e. The Balaban J connectivity index is 2.08. The number of rotatable bonds is 3. The first-order chi connectivity index (χ1) is 7.79. The third kappa shape index (κ3) is 2.38. The van der Waals surface area contributed by atoms with Gasteiger partial charge in [-0.25, -0.2) is 4.98 Å². The van der Waals surface area contributed by atoms with Gasteiger partial charge in [-0.2, -0.15) is 5.26 Å². The summed E-state index contributed by atoms with van der Waals surface area (Å²) in [6.07, 6.45) is 1.86. The number of thiazole rings is 1. The van der Waals surface area contributed by atoms with Gasteiger partial charge in [-0.15, -0.1) is 11.3 Å². The fourth-order valence-electron chi connectivity index (χ4n) is 1.40. The third-order valence-corrected chi connectivity index (χ3v) is 3.08. The smallest absolute Gasteiger partial charge is 0.101 e. The summed E-state index contributed by atoms with van der Waals surface area (Å²) in [5.74, 6) is 0. The lowest BCUT2D eigenvalue weighted by molar-refractivity contribution is 1.16. The van der Waals surface area contributed by atoms with E-state index < -0.39 is 0 Å². The summed E-state index contributed by atoms with van der Waals surface area (Å²) in [6.45, 7) is 2.70. The number of benzene rings is 1. The maximum Gasteiger partial charge on any atom is 0.101 e. The Labute approximate surface area is 98.4 Å². The molecule has 0 unspecified atom stereocenters. The van der Waals surface area contributed by atoms with Crippen molar-refractivity contribution >= 4 is 17.0 Å². The summed E-state index contributed by atoms with van der Waals surface area (Å²) in [4.78, 5) is 5.36. The fraction of sp³-hybridized carbons (Fsp3) is 0.167. The Hall–Kier alpha value is -1.86. The van der Waals surface area contributed by atoms with Crippen molar-refractivity contribution in [2.45, 2.75) is 13.5 Å². The Morgan fingerprint density at radius 2 is 2.25 bits per heavy atom. The maximum atomic E-state index is 8.92. The van der Waals surface area contributed by atoms with Crippen LogP contribution in [0.3, 0.4) is 0 Å². The lowest BCUT2D eigenvalue weighted by Crippen LogP contribution is -1.99. The zero-order valence-corrected chi connectivity index (χ0v) is 9.71. The zero-order chi connectivity index (χ0) is 11.4. The van der Waals surface area contributed by atoms with E-state index in [0.29, 0.717) is 12.1 Å². The summed E-state index contributed by atoms with van der Waals surface area (Å²) in [7, 11) is 0. The van der Waals surface area contributed by atoms with E-state index in [9.17, 15) is 0 Å². The SMILES string of the molecule is Cc1ncc(CNc2ccccc2C#N)s1. The number of aromatic nitrogens is 1. The van der Waals surface area contributed by atoms with Gasteiger partial charge in [0.1, 0.15) is 6.07 Å². The standard InChI is InChI=1S/C12H11N3S/c1-9-14-7-11(16-9)8-15-12-5-3-2-4-10(12)6-13/h2-5,7,15H,8H2,1H3. The van der Waals surface area contributed by atoms with E-state index in [1.807, 2.05) is 31.3 Å². The van der Waals surface area contributed by atoms with Gasteiger partial charge in [-0.1, -0.05) is 12.1 Å². The van der Waals surface area contributed by atoms with E-state index >= 15 is 0 Å². The Morgan fingerprint density at radius 1 is 1.44 bits per heavy atom. The predicted octanol–water partition coefficient (Wildman–Crippen LogP) is 2.94. The van der Waals surface area contributed by atoms with E-state index in [1.54, 1.807) is 17.4 Å². The molecule has 0 aliphatic rings. The second-order valence-corrected chi connectivity index (χ2v) is 4.68.